The van der Waals surface area contributed by atoms with Crippen LogP contribution in [0.15, 0.2) is 4.52 Å². The molecule has 0 unspecified atom stereocenters. The molecule has 3 heteroatoms. The van der Waals surface area contributed by atoms with Crippen molar-refractivity contribution in [3.63, 3.8) is 0 Å². The van der Waals surface area contributed by atoms with Crippen molar-refractivity contribution in [2.24, 2.45) is 0 Å². The number of halogens is 1. The number of aromatic nitrogens is 1. The maximum absolute atomic E-state index is 5.63. The van der Waals surface area contributed by atoms with Crippen LogP contribution in [0.2, 0.25) is 0 Å². The molecule has 0 radical (unpaired) electrons. The number of hydrogen-bond acceptors (Lipinski definition) is 2. The van der Waals surface area contributed by atoms with Gasteiger partial charge in [0.05, 0.1) is 5.88 Å². The lowest BCUT2D eigenvalue weighted by molar-refractivity contribution is 0.366. The zero-order valence-corrected chi connectivity index (χ0v) is 7.77. The lowest BCUT2D eigenvalue weighted by atomic mass is 10.1. The van der Waals surface area contributed by atoms with Gasteiger partial charge in [0.25, 0.3) is 0 Å². The van der Waals surface area contributed by atoms with Crippen LogP contribution in [0.4, 0.5) is 0 Å². The molecular weight excluding hydrogens is 162 g/mol. The molecule has 1 heterocycles. The number of hydrogen-bond donors (Lipinski definition) is 0. The van der Waals surface area contributed by atoms with E-state index in [2.05, 4.69) is 19.0 Å². The first-order valence-corrected chi connectivity index (χ1v) is 4.21. The van der Waals surface area contributed by atoms with Gasteiger partial charge in [-0.1, -0.05) is 19.0 Å². The Balaban J connectivity index is 3.00. The van der Waals surface area contributed by atoms with Crippen molar-refractivity contribution < 1.29 is 4.52 Å². The zero-order chi connectivity index (χ0) is 8.43. The highest BCUT2D eigenvalue weighted by atomic mass is 35.5. The van der Waals surface area contributed by atoms with E-state index in [1.54, 1.807) is 0 Å². The van der Waals surface area contributed by atoms with Gasteiger partial charge in [0, 0.05) is 11.5 Å². The van der Waals surface area contributed by atoms with E-state index >= 15 is 0 Å². The third-order valence-corrected chi connectivity index (χ3v) is 1.96. The summed E-state index contributed by atoms with van der Waals surface area (Å²) in [7, 11) is 0. The largest absolute Gasteiger partial charge is 0.361 e. The van der Waals surface area contributed by atoms with Crippen molar-refractivity contribution in [1.82, 2.24) is 5.16 Å². The van der Waals surface area contributed by atoms with Crippen LogP contribution in [0, 0.1) is 6.92 Å². The highest BCUT2D eigenvalue weighted by Gasteiger charge is 2.13. The fraction of sp³-hybridized carbons (Fsp3) is 0.625. The molecule has 62 valence electrons. The third kappa shape index (κ3) is 1.56. The van der Waals surface area contributed by atoms with Gasteiger partial charge in [-0.2, -0.15) is 0 Å². The van der Waals surface area contributed by atoms with E-state index in [-0.39, 0.29) is 0 Å². The molecule has 0 saturated carbocycles. The first kappa shape index (κ1) is 8.60. The number of rotatable bonds is 2. The minimum atomic E-state index is 0.388. The summed E-state index contributed by atoms with van der Waals surface area (Å²) >= 11 is 5.63. The Morgan fingerprint density at radius 1 is 1.55 bits per heavy atom. The van der Waals surface area contributed by atoms with Gasteiger partial charge in [0.1, 0.15) is 11.5 Å². The molecule has 0 aliphatic heterocycles. The van der Waals surface area contributed by atoms with Crippen molar-refractivity contribution in [1.29, 1.82) is 0 Å². The summed E-state index contributed by atoms with van der Waals surface area (Å²) in [6.07, 6.45) is 0. The molecule has 0 saturated heterocycles. The Morgan fingerprint density at radius 3 is 2.45 bits per heavy atom. The summed E-state index contributed by atoms with van der Waals surface area (Å²) in [6.45, 7) is 6.14. The van der Waals surface area contributed by atoms with E-state index in [4.69, 9.17) is 16.1 Å². The van der Waals surface area contributed by atoms with Gasteiger partial charge < -0.3 is 4.52 Å². The summed E-state index contributed by atoms with van der Waals surface area (Å²) in [4.78, 5) is 0. The molecule has 2 nitrogen and oxygen atoms in total. The maximum Gasteiger partial charge on any atom is 0.142 e. The van der Waals surface area contributed by atoms with Crippen molar-refractivity contribution >= 4 is 11.6 Å². The van der Waals surface area contributed by atoms with Crippen LogP contribution in [0.1, 0.15) is 36.8 Å². The van der Waals surface area contributed by atoms with Crippen LogP contribution in [0.5, 0.6) is 0 Å². The lowest BCUT2D eigenvalue weighted by Crippen LogP contribution is -1.87. The first-order valence-electron chi connectivity index (χ1n) is 3.67. The van der Waals surface area contributed by atoms with E-state index in [0.29, 0.717) is 11.8 Å². The van der Waals surface area contributed by atoms with E-state index in [9.17, 15) is 0 Å². The Kier molecular flexibility index (Phi) is 2.55. The summed E-state index contributed by atoms with van der Waals surface area (Å²) in [6, 6.07) is 0. The van der Waals surface area contributed by atoms with Gasteiger partial charge in [-0.25, -0.2) is 0 Å². The SMILES string of the molecule is Cc1c(CCl)noc1C(C)C. The molecule has 0 fully saturated rings. The van der Waals surface area contributed by atoms with Crippen LogP contribution in [0.25, 0.3) is 0 Å². The molecule has 0 spiro atoms. The van der Waals surface area contributed by atoms with E-state index in [0.717, 1.165) is 17.0 Å². The van der Waals surface area contributed by atoms with Crippen molar-refractivity contribution in [2.75, 3.05) is 0 Å². The predicted octanol–water partition coefficient (Wildman–Crippen LogP) is 2.85. The second kappa shape index (κ2) is 3.26. The van der Waals surface area contributed by atoms with Gasteiger partial charge in [-0.15, -0.1) is 11.6 Å². The molecule has 1 aromatic heterocycles. The van der Waals surface area contributed by atoms with Gasteiger partial charge >= 0.3 is 0 Å². The summed E-state index contributed by atoms with van der Waals surface area (Å²) in [5, 5.41) is 3.85. The Bertz CT molecular complexity index is 242. The summed E-state index contributed by atoms with van der Waals surface area (Å²) < 4.78 is 5.11. The highest BCUT2D eigenvalue weighted by Crippen LogP contribution is 2.22. The predicted molar refractivity (Wildman–Crippen MR) is 44.9 cm³/mol. The standard InChI is InChI=1S/C8H12ClNO/c1-5(2)8-6(3)7(4-9)10-11-8/h5H,4H2,1-3H3. The minimum Gasteiger partial charge on any atom is -0.361 e. The first-order chi connectivity index (χ1) is 5.16. The van der Waals surface area contributed by atoms with Crippen LogP contribution in [-0.4, -0.2) is 5.16 Å². The van der Waals surface area contributed by atoms with Crippen molar-refractivity contribution in [3.8, 4) is 0 Å². The number of alkyl halides is 1. The second-order valence-corrected chi connectivity index (χ2v) is 3.17. The molecule has 0 atom stereocenters. The van der Waals surface area contributed by atoms with Gasteiger partial charge in [0.2, 0.25) is 0 Å². The highest BCUT2D eigenvalue weighted by molar-refractivity contribution is 6.16. The summed E-state index contributed by atoms with van der Waals surface area (Å²) in [5.41, 5.74) is 1.95. The molecule has 0 amide bonds. The topological polar surface area (TPSA) is 26.0 Å². The Morgan fingerprint density at radius 2 is 2.18 bits per heavy atom. The average Bonchev–Trinajstić information content (AvgIpc) is 2.30. The van der Waals surface area contributed by atoms with E-state index in [1.165, 1.54) is 0 Å². The van der Waals surface area contributed by atoms with Crippen molar-refractivity contribution in [3.05, 3.63) is 17.0 Å². The van der Waals surface area contributed by atoms with Crippen LogP contribution < -0.4 is 0 Å². The molecule has 1 rings (SSSR count). The lowest BCUT2D eigenvalue weighted by Gasteiger charge is -1.98. The van der Waals surface area contributed by atoms with E-state index < -0.39 is 0 Å². The second-order valence-electron chi connectivity index (χ2n) is 2.91. The molecule has 0 N–H and O–H groups in total. The fourth-order valence-electron chi connectivity index (χ4n) is 1.05. The van der Waals surface area contributed by atoms with Crippen LogP contribution >= 0.6 is 11.6 Å². The smallest absolute Gasteiger partial charge is 0.142 e. The molecule has 0 bridgehead atoms. The Hall–Kier alpha value is -0.500. The summed E-state index contributed by atoms with van der Waals surface area (Å²) in [5.74, 6) is 1.77. The number of nitrogens with zero attached hydrogens (tertiary/aromatic N) is 1. The Labute approximate surface area is 71.5 Å². The molecule has 11 heavy (non-hydrogen) atoms. The third-order valence-electron chi connectivity index (χ3n) is 1.71. The normalized spacial score (nSPS) is 11.0. The molecule has 0 aliphatic carbocycles. The maximum atomic E-state index is 5.63. The van der Waals surface area contributed by atoms with Gasteiger partial charge in [-0.05, 0) is 6.92 Å². The zero-order valence-electron chi connectivity index (χ0n) is 7.02. The molecule has 0 aliphatic rings. The van der Waals surface area contributed by atoms with Gasteiger partial charge in [0.15, 0.2) is 0 Å². The van der Waals surface area contributed by atoms with Gasteiger partial charge in [-0.3, -0.25) is 0 Å². The monoisotopic (exact) mass is 173 g/mol. The van der Waals surface area contributed by atoms with Crippen molar-refractivity contribution in [2.45, 2.75) is 32.6 Å². The van der Waals surface area contributed by atoms with Crippen LogP contribution in [-0.2, 0) is 5.88 Å². The average molecular weight is 174 g/mol. The quantitative estimate of drug-likeness (QED) is 0.643. The van der Waals surface area contributed by atoms with E-state index in [1.807, 2.05) is 6.92 Å². The molecular formula is C8H12ClNO. The van der Waals surface area contributed by atoms with Crippen LogP contribution in [0.3, 0.4) is 0 Å². The molecule has 1 aromatic rings. The molecule has 0 aromatic carbocycles. The fourth-order valence-corrected chi connectivity index (χ4v) is 1.30. The minimum absolute atomic E-state index is 0.388.